The van der Waals surface area contributed by atoms with Crippen molar-refractivity contribution in [1.29, 1.82) is 0 Å². The molecule has 1 aliphatic heterocycles. The molecule has 124 valence electrons. The Kier molecular flexibility index (Phi) is 4.21. The van der Waals surface area contributed by atoms with E-state index in [0.29, 0.717) is 6.61 Å². The van der Waals surface area contributed by atoms with E-state index in [0.717, 1.165) is 22.8 Å². The number of aromatic nitrogens is 1. The Balaban J connectivity index is 1.93. The first-order valence-corrected chi connectivity index (χ1v) is 9.23. The maximum Gasteiger partial charge on any atom is 0.145 e. The van der Waals surface area contributed by atoms with Crippen LogP contribution in [0.2, 0.25) is 5.02 Å². The molecule has 5 heteroatoms. The fraction of sp³-hybridized carbons (Fsp3) is 0.263. The summed E-state index contributed by atoms with van der Waals surface area (Å²) >= 11 is 8.14. The van der Waals surface area contributed by atoms with Crippen LogP contribution in [0, 0.1) is 6.92 Å². The molecule has 1 N–H and O–H groups in total. The Morgan fingerprint density at radius 3 is 2.83 bits per heavy atom. The minimum Gasteiger partial charge on any atom is -0.489 e. The highest BCUT2D eigenvalue weighted by Crippen LogP contribution is 2.45. The molecule has 4 rings (SSSR count). The van der Waals surface area contributed by atoms with Crippen molar-refractivity contribution in [1.82, 2.24) is 9.88 Å². The van der Waals surface area contributed by atoms with Crippen LogP contribution in [0.15, 0.2) is 52.3 Å². The third-order valence-electron chi connectivity index (χ3n) is 4.41. The zero-order valence-corrected chi connectivity index (χ0v) is 15.2. The number of ether oxygens (including phenoxy) is 1. The van der Waals surface area contributed by atoms with Crippen LogP contribution in [-0.4, -0.2) is 24.8 Å². The Bertz CT molecular complexity index is 892. The van der Waals surface area contributed by atoms with E-state index in [-0.39, 0.29) is 6.04 Å². The van der Waals surface area contributed by atoms with Crippen LogP contribution < -0.4 is 10.1 Å². The molecule has 2 aromatic carbocycles. The normalized spacial score (nSPS) is 16.4. The molecule has 0 radical (unpaired) electrons. The Morgan fingerprint density at radius 2 is 2.08 bits per heavy atom. The van der Waals surface area contributed by atoms with Crippen molar-refractivity contribution < 1.29 is 4.74 Å². The average molecular weight is 359 g/mol. The predicted molar refractivity (Wildman–Crippen MR) is 101 cm³/mol. The molecule has 0 spiro atoms. The summed E-state index contributed by atoms with van der Waals surface area (Å²) < 4.78 is 8.41. The SMILES string of the molecule is CNCC1COc2cc(Cl)cc3c(Sc4ccccc4)c(C)n1c23. The van der Waals surface area contributed by atoms with Gasteiger partial charge in [-0.15, -0.1) is 0 Å². The zero-order valence-electron chi connectivity index (χ0n) is 13.7. The molecular formula is C19H19ClN2OS. The lowest BCUT2D eigenvalue weighted by molar-refractivity contribution is 0.233. The van der Waals surface area contributed by atoms with E-state index < -0.39 is 0 Å². The molecule has 3 aromatic rings. The number of hydrogen-bond acceptors (Lipinski definition) is 3. The molecule has 24 heavy (non-hydrogen) atoms. The van der Waals surface area contributed by atoms with Crippen molar-refractivity contribution in [2.24, 2.45) is 0 Å². The van der Waals surface area contributed by atoms with Gasteiger partial charge in [-0.3, -0.25) is 0 Å². The summed E-state index contributed by atoms with van der Waals surface area (Å²) in [6, 6.07) is 14.7. The molecule has 0 fully saturated rings. The summed E-state index contributed by atoms with van der Waals surface area (Å²) in [5, 5.41) is 5.17. The van der Waals surface area contributed by atoms with Gasteiger partial charge >= 0.3 is 0 Å². The van der Waals surface area contributed by atoms with Crippen molar-refractivity contribution in [3.8, 4) is 5.75 Å². The minimum absolute atomic E-state index is 0.288. The third-order valence-corrected chi connectivity index (χ3v) is 5.86. The average Bonchev–Trinajstić information content (AvgIpc) is 2.85. The highest BCUT2D eigenvalue weighted by molar-refractivity contribution is 7.99. The van der Waals surface area contributed by atoms with E-state index >= 15 is 0 Å². The van der Waals surface area contributed by atoms with Crippen molar-refractivity contribution in [2.75, 3.05) is 20.2 Å². The minimum atomic E-state index is 0.288. The van der Waals surface area contributed by atoms with Crippen molar-refractivity contribution in [3.63, 3.8) is 0 Å². The maximum atomic E-state index is 6.35. The largest absolute Gasteiger partial charge is 0.489 e. The molecule has 0 saturated carbocycles. The molecule has 0 amide bonds. The van der Waals surface area contributed by atoms with Gasteiger partial charge in [-0.2, -0.15) is 0 Å². The van der Waals surface area contributed by atoms with Gasteiger partial charge in [0.1, 0.15) is 12.4 Å². The van der Waals surface area contributed by atoms with Crippen LogP contribution >= 0.6 is 23.4 Å². The maximum absolute atomic E-state index is 6.35. The quantitative estimate of drug-likeness (QED) is 0.717. The first kappa shape index (κ1) is 15.9. The van der Waals surface area contributed by atoms with E-state index in [1.807, 2.05) is 19.2 Å². The fourth-order valence-electron chi connectivity index (χ4n) is 3.42. The standard InChI is InChI=1S/C19H19ClN2OS/c1-12-19(24-15-6-4-3-5-7-15)16-8-13(20)9-17-18(16)22(12)14(10-21-2)11-23-17/h3-9,14,21H,10-11H2,1-2H3. The summed E-state index contributed by atoms with van der Waals surface area (Å²) in [5.74, 6) is 0.882. The lowest BCUT2D eigenvalue weighted by Crippen LogP contribution is -2.30. The summed E-state index contributed by atoms with van der Waals surface area (Å²) in [4.78, 5) is 2.48. The second kappa shape index (κ2) is 6.36. The first-order chi connectivity index (χ1) is 11.7. The highest BCUT2D eigenvalue weighted by Gasteiger charge is 2.28. The van der Waals surface area contributed by atoms with Gasteiger partial charge in [0.15, 0.2) is 0 Å². The summed E-state index contributed by atoms with van der Waals surface area (Å²) in [7, 11) is 1.98. The van der Waals surface area contributed by atoms with Crippen molar-refractivity contribution in [2.45, 2.75) is 22.8 Å². The van der Waals surface area contributed by atoms with Crippen LogP contribution in [0.25, 0.3) is 10.9 Å². The van der Waals surface area contributed by atoms with E-state index in [4.69, 9.17) is 16.3 Å². The van der Waals surface area contributed by atoms with Gasteiger partial charge in [0.2, 0.25) is 0 Å². The fourth-order valence-corrected chi connectivity index (χ4v) is 4.66. The van der Waals surface area contributed by atoms with Crippen molar-refractivity contribution >= 4 is 34.3 Å². The van der Waals surface area contributed by atoms with Gasteiger partial charge in [-0.1, -0.05) is 41.6 Å². The second-order valence-corrected chi connectivity index (χ2v) is 7.54. The molecule has 2 heterocycles. The Hall–Kier alpha value is -1.62. The molecule has 1 aliphatic rings. The van der Waals surface area contributed by atoms with E-state index in [1.54, 1.807) is 11.8 Å². The Morgan fingerprint density at radius 1 is 1.29 bits per heavy atom. The number of nitrogens with zero attached hydrogens (tertiary/aromatic N) is 1. The molecule has 0 bridgehead atoms. The number of halogens is 1. The number of nitrogens with one attached hydrogen (secondary N) is 1. The molecular weight excluding hydrogens is 340 g/mol. The van der Waals surface area contributed by atoms with Gasteiger partial charge in [0.25, 0.3) is 0 Å². The molecule has 1 unspecified atom stereocenters. The van der Waals surface area contributed by atoms with Gasteiger partial charge in [0.05, 0.1) is 11.6 Å². The van der Waals surface area contributed by atoms with Crippen LogP contribution in [0.5, 0.6) is 5.75 Å². The lowest BCUT2D eigenvalue weighted by Gasteiger charge is -2.27. The number of rotatable bonds is 4. The monoisotopic (exact) mass is 358 g/mol. The van der Waals surface area contributed by atoms with Crippen LogP contribution in [-0.2, 0) is 0 Å². The number of benzene rings is 2. The summed E-state index contributed by atoms with van der Waals surface area (Å²) in [6.07, 6.45) is 0. The van der Waals surface area contributed by atoms with E-state index in [2.05, 4.69) is 47.1 Å². The van der Waals surface area contributed by atoms with Crippen LogP contribution in [0.4, 0.5) is 0 Å². The van der Waals surface area contributed by atoms with Gasteiger partial charge < -0.3 is 14.6 Å². The second-order valence-electron chi connectivity index (χ2n) is 6.02. The predicted octanol–water partition coefficient (Wildman–Crippen LogP) is 4.91. The molecule has 0 aliphatic carbocycles. The zero-order chi connectivity index (χ0) is 16.7. The Labute approximate surface area is 150 Å². The number of hydrogen-bond donors (Lipinski definition) is 1. The lowest BCUT2D eigenvalue weighted by atomic mass is 10.2. The topological polar surface area (TPSA) is 26.2 Å². The van der Waals surface area contributed by atoms with Crippen molar-refractivity contribution in [3.05, 3.63) is 53.2 Å². The van der Waals surface area contributed by atoms with E-state index in [9.17, 15) is 0 Å². The molecule has 3 nitrogen and oxygen atoms in total. The smallest absolute Gasteiger partial charge is 0.145 e. The van der Waals surface area contributed by atoms with Gasteiger partial charge in [-0.05, 0) is 32.2 Å². The molecule has 1 atom stereocenters. The third kappa shape index (κ3) is 2.59. The van der Waals surface area contributed by atoms with E-state index in [1.165, 1.54) is 20.9 Å². The molecule has 0 saturated heterocycles. The number of likely N-dealkylation sites (N-methyl/N-ethyl adjacent to an activating group) is 1. The van der Waals surface area contributed by atoms with Crippen LogP contribution in [0.1, 0.15) is 11.7 Å². The van der Waals surface area contributed by atoms with Crippen LogP contribution in [0.3, 0.4) is 0 Å². The molecule has 1 aromatic heterocycles. The summed E-state index contributed by atoms with van der Waals surface area (Å²) in [6.45, 7) is 3.73. The first-order valence-electron chi connectivity index (χ1n) is 8.03. The highest BCUT2D eigenvalue weighted by atomic mass is 35.5. The van der Waals surface area contributed by atoms with Gasteiger partial charge in [0, 0.05) is 38.5 Å². The summed E-state index contributed by atoms with van der Waals surface area (Å²) in [5.41, 5.74) is 2.42. The van der Waals surface area contributed by atoms with Gasteiger partial charge in [-0.25, -0.2) is 0 Å².